The topological polar surface area (TPSA) is 177 Å². The van der Waals surface area contributed by atoms with Crippen molar-refractivity contribution in [1.82, 2.24) is 0 Å². The molecule has 0 saturated heterocycles. The minimum absolute atomic E-state index is 0.0525. The SMILES string of the molecule is CC(C(=O)O)c1cccc(C(=O)c2ccccc2)c1.COc1ccccc1OCC(O)CO.NCC1(CC(=O)O)CCCCC1. The lowest BCUT2D eigenvalue weighted by molar-refractivity contribution is -0.140. The number of carboxylic acid groups (broad SMARTS) is 2. The van der Waals surface area contributed by atoms with Crippen LogP contribution < -0.4 is 15.2 Å². The van der Waals surface area contributed by atoms with Gasteiger partial charge in [0.2, 0.25) is 0 Å². The molecule has 0 radical (unpaired) electrons. The smallest absolute Gasteiger partial charge is 0.310 e. The quantitative estimate of drug-likeness (QED) is 0.174. The molecule has 2 atom stereocenters. The number of carbonyl (C=O) groups excluding carboxylic acids is 1. The second-order valence-corrected chi connectivity index (χ2v) is 11.0. The lowest BCUT2D eigenvalue weighted by Crippen LogP contribution is -2.34. The van der Waals surface area contributed by atoms with Crippen molar-refractivity contribution < 1.29 is 44.3 Å². The van der Waals surface area contributed by atoms with Crippen molar-refractivity contribution in [2.24, 2.45) is 11.1 Å². The Morgan fingerprint density at radius 3 is 2.02 bits per heavy atom. The summed E-state index contributed by atoms with van der Waals surface area (Å²) in [4.78, 5) is 33.8. The number of hydrogen-bond acceptors (Lipinski definition) is 8. The molecule has 0 heterocycles. The first kappa shape index (κ1) is 36.9. The van der Waals surface area contributed by atoms with Gasteiger partial charge in [-0.1, -0.05) is 79.9 Å². The van der Waals surface area contributed by atoms with Gasteiger partial charge in [-0.2, -0.15) is 0 Å². The fourth-order valence-corrected chi connectivity index (χ4v) is 4.90. The van der Waals surface area contributed by atoms with Gasteiger partial charge in [-0.3, -0.25) is 14.4 Å². The number of para-hydroxylation sites is 2. The van der Waals surface area contributed by atoms with Gasteiger partial charge in [0.1, 0.15) is 12.7 Å². The number of methoxy groups -OCH3 is 1. The number of ether oxygens (including phenoxy) is 2. The second-order valence-electron chi connectivity index (χ2n) is 11.0. The molecule has 3 aromatic carbocycles. The third kappa shape index (κ3) is 12.3. The number of aliphatic hydroxyl groups excluding tert-OH is 2. The van der Waals surface area contributed by atoms with E-state index in [0.717, 1.165) is 25.7 Å². The second kappa shape index (κ2) is 19.2. The van der Waals surface area contributed by atoms with Crippen LogP contribution in [-0.2, 0) is 9.59 Å². The molecule has 10 nitrogen and oxygen atoms in total. The predicted molar refractivity (Wildman–Crippen MR) is 171 cm³/mol. The normalized spacial score (nSPS) is 14.7. The zero-order valence-corrected chi connectivity index (χ0v) is 25.9. The summed E-state index contributed by atoms with van der Waals surface area (Å²) in [5, 5.41) is 35.3. The molecule has 1 fully saturated rings. The lowest BCUT2D eigenvalue weighted by atomic mass is 9.72. The molecule has 1 saturated carbocycles. The molecule has 0 bridgehead atoms. The maximum atomic E-state index is 12.2. The van der Waals surface area contributed by atoms with Crippen LogP contribution in [0.15, 0.2) is 78.9 Å². The first-order valence-electron chi connectivity index (χ1n) is 14.9. The number of hydrogen-bond donors (Lipinski definition) is 5. The average molecular weight is 624 g/mol. The molecule has 2 unspecified atom stereocenters. The molecule has 0 spiro atoms. The van der Waals surface area contributed by atoms with Crippen molar-refractivity contribution in [3.05, 3.63) is 95.6 Å². The molecule has 45 heavy (non-hydrogen) atoms. The van der Waals surface area contributed by atoms with Gasteiger partial charge < -0.3 is 35.6 Å². The van der Waals surface area contributed by atoms with Gasteiger partial charge in [-0.25, -0.2) is 0 Å². The molecule has 0 amide bonds. The highest BCUT2D eigenvalue weighted by Gasteiger charge is 2.32. The van der Waals surface area contributed by atoms with E-state index in [9.17, 15) is 14.4 Å². The van der Waals surface area contributed by atoms with E-state index in [1.807, 2.05) is 18.2 Å². The Labute approximate surface area is 264 Å². The number of aliphatic carboxylic acids is 2. The number of carboxylic acids is 2. The number of aliphatic hydroxyl groups is 2. The third-order valence-electron chi connectivity index (χ3n) is 7.64. The largest absolute Gasteiger partial charge is 0.493 e. The summed E-state index contributed by atoms with van der Waals surface area (Å²) in [6.45, 7) is 1.87. The van der Waals surface area contributed by atoms with Crippen LogP contribution in [0.5, 0.6) is 11.5 Å². The highest BCUT2D eigenvalue weighted by atomic mass is 16.5. The first-order valence-corrected chi connectivity index (χ1v) is 14.9. The van der Waals surface area contributed by atoms with E-state index >= 15 is 0 Å². The molecule has 0 aliphatic heterocycles. The summed E-state index contributed by atoms with van der Waals surface area (Å²) in [6.07, 6.45) is 4.91. The minimum atomic E-state index is -0.899. The third-order valence-corrected chi connectivity index (χ3v) is 7.64. The van der Waals surface area contributed by atoms with Crippen LogP contribution in [0.4, 0.5) is 0 Å². The van der Waals surface area contributed by atoms with Crippen molar-refractivity contribution in [3.63, 3.8) is 0 Å². The minimum Gasteiger partial charge on any atom is -0.493 e. The van der Waals surface area contributed by atoms with Gasteiger partial charge in [0, 0.05) is 11.1 Å². The van der Waals surface area contributed by atoms with Gasteiger partial charge >= 0.3 is 11.9 Å². The highest BCUT2D eigenvalue weighted by molar-refractivity contribution is 6.09. The summed E-state index contributed by atoms with van der Waals surface area (Å²) in [6, 6.07) is 22.9. The number of ketones is 1. The molecule has 244 valence electrons. The molecule has 3 aromatic rings. The van der Waals surface area contributed by atoms with Crippen LogP contribution in [0, 0.1) is 5.41 Å². The van der Waals surface area contributed by atoms with E-state index in [-0.39, 0.29) is 30.8 Å². The number of nitrogens with two attached hydrogens (primary N) is 1. The van der Waals surface area contributed by atoms with Crippen LogP contribution in [-0.4, -0.2) is 71.1 Å². The molecule has 4 rings (SSSR count). The average Bonchev–Trinajstić information content (AvgIpc) is 3.07. The molecule has 0 aromatic heterocycles. The van der Waals surface area contributed by atoms with Crippen LogP contribution in [0.1, 0.15) is 72.9 Å². The fourth-order valence-electron chi connectivity index (χ4n) is 4.90. The summed E-state index contributed by atoms with van der Waals surface area (Å²) < 4.78 is 10.3. The van der Waals surface area contributed by atoms with E-state index in [4.69, 9.17) is 35.6 Å². The van der Waals surface area contributed by atoms with Crippen LogP contribution in [0.2, 0.25) is 0 Å². The zero-order valence-electron chi connectivity index (χ0n) is 25.9. The maximum absolute atomic E-state index is 12.2. The summed E-state index contributed by atoms with van der Waals surface area (Å²) in [5.74, 6) is -1.16. The fraction of sp³-hybridized carbons (Fsp3) is 0.400. The van der Waals surface area contributed by atoms with Gasteiger partial charge in [0.25, 0.3) is 0 Å². The molecule has 6 N–H and O–H groups in total. The van der Waals surface area contributed by atoms with Crippen LogP contribution in [0.3, 0.4) is 0 Å². The van der Waals surface area contributed by atoms with Crippen molar-refractivity contribution in [2.45, 2.75) is 57.5 Å². The molecule has 1 aliphatic rings. The maximum Gasteiger partial charge on any atom is 0.310 e. The summed E-state index contributed by atoms with van der Waals surface area (Å²) >= 11 is 0. The Balaban J connectivity index is 0.000000243. The van der Waals surface area contributed by atoms with Crippen molar-refractivity contribution in [3.8, 4) is 11.5 Å². The van der Waals surface area contributed by atoms with Gasteiger partial charge in [-0.15, -0.1) is 0 Å². The Bertz CT molecular complexity index is 1340. The molecular weight excluding hydrogens is 578 g/mol. The Kier molecular flexibility index (Phi) is 15.8. The van der Waals surface area contributed by atoms with Crippen LogP contribution in [0.25, 0.3) is 0 Å². The van der Waals surface area contributed by atoms with Crippen molar-refractivity contribution in [2.75, 3.05) is 26.9 Å². The van der Waals surface area contributed by atoms with Crippen molar-refractivity contribution >= 4 is 17.7 Å². The van der Waals surface area contributed by atoms with E-state index in [2.05, 4.69) is 0 Å². The Morgan fingerprint density at radius 2 is 1.47 bits per heavy atom. The summed E-state index contributed by atoms with van der Waals surface area (Å²) in [5.41, 5.74) is 7.29. The molecule has 10 heteroatoms. The highest BCUT2D eigenvalue weighted by Crippen LogP contribution is 2.38. The molecular formula is C35H45NO9. The zero-order chi connectivity index (χ0) is 33.2. The standard InChI is InChI=1S/C16H14O3.C10H14O4.C9H17NO2/c1-11(16(18)19)13-8-5-9-14(10-13)15(17)12-6-3-2-4-7-12;1-13-9-4-2-3-5-10(9)14-7-8(12)6-11;10-7-9(6-8(11)12)4-2-1-3-5-9/h2-11H,1H3,(H,18,19);2-5,8,11-12H,6-7H2,1H3;1-7,10H2,(H,11,12). The number of carbonyl (C=O) groups is 3. The summed E-state index contributed by atoms with van der Waals surface area (Å²) in [7, 11) is 1.55. The van der Waals surface area contributed by atoms with E-state index in [1.165, 1.54) is 6.42 Å². The number of benzene rings is 3. The van der Waals surface area contributed by atoms with E-state index in [1.54, 1.807) is 74.7 Å². The van der Waals surface area contributed by atoms with Crippen molar-refractivity contribution in [1.29, 1.82) is 0 Å². The lowest BCUT2D eigenvalue weighted by Gasteiger charge is -2.34. The predicted octanol–water partition coefficient (Wildman–Crippen LogP) is 4.90. The monoisotopic (exact) mass is 623 g/mol. The number of rotatable bonds is 12. The van der Waals surface area contributed by atoms with Crippen LogP contribution >= 0.6 is 0 Å². The Morgan fingerprint density at radius 1 is 0.867 bits per heavy atom. The Hall–Kier alpha value is -4.25. The van der Waals surface area contributed by atoms with Gasteiger partial charge in [-0.05, 0) is 55.5 Å². The van der Waals surface area contributed by atoms with Gasteiger partial charge in [0.15, 0.2) is 17.3 Å². The first-order chi connectivity index (χ1) is 21.6. The van der Waals surface area contributed by atoms with E-state index < -0.39 is 24.0 Å². The van der Waals surface area contributed by atoms with E-state index in [0.29, 0.717) is 34.7 Å². The molecule has 1 aliphatic carbocycles. The van der Waals surface area contributed by atoms with Gasteiger partial charge in [0.05, 0.1) is 26.1 Å².